The molecule has 2 bridgehead atoms. The lowest BCUT2D eigenvalue weighted by atomic mass is 9.91. The Morgan fingerprint density at radius 1 is 1.38 bits per heavy atom. The van der Waals surface area contributed by atoms with Crippen LogP contribution in [0.1, 0.15) is 36.0 Å². The summed E-state index contributed by atoms with van der Waals surface area (Å²) < 4.78 is 0. The molecular weight excluding hydrogens is 309 g/mol. The van der Waals surface area contributed by atoms with Crippen LogP contribution in [0.15, 0.2) is 12.3 Å². The van der Waals surface area contributed by atoms with Crippen molar-refractivity contribution in [2.45, 2.75) is 37.8 Å². The van der Waals surface area contributed by atoms with Crippen LogP contribution < -0.4 is 5.32 Å². The molecule has 0 saturated carbocycles. The van der Waals surface area contributed by atoms with Gasteiger partial charge in [0.25, 0.3) is 5.91 Å². The fourth-order valence-corrected chi connectivity index (χ4v) is 3.96. The normalized spacial score (nSPS) is 28.6. The summed E-state index contributed by atoms with van der Waals surface area (Å²) in [5, 5.41) is 3.61. The number of hydrogen-bond acceptors (Lipinski definition) is 3. The minimum Gasteiger partial charge on any atom is -0.352 e. The van der Waals surface area contributed by atoms with Gasteiger partial charge < -0.3 is 10.2 Å². The highest BCUT2D eigenvalue weighted by atomic mass is 35.5. The van der Waals surface area contributed by atoms with E-state index in [1.807, 2.05) is 0 Å². The van der Waals surface area contributed by atoms with Gasteiger partial charge in [0.1, 0.15) is 5.15 Å². The number of fused-ring (bicyclic) bond motifs is 2. The maximum Gasteiger partial charge on any atom is 0.252 e. The average Bonchev–Trinajstić information content (AvgIpc) is 2.69. The molecule has 4 nitrogen and oxygen atoms in total. The van der Waals surface area contributed by atoms with Crippen LogP contribution >= 0.6 is 23.2 Å². The molecule has 2 aliphatic rings. The number of nitrogens with zero attached hydrogens (tertiary/aromatic N) is 2. The van der Waals surface area contributed by atoms with Crippen LogP contribution in [-0.2, 0) is 0 Å². The van der Waals surface area contributed by atoms with Gasteiger partial charge in [0.15, 0.2) is 0 Å². The largest absolute Gasteiger partial charge is 0.352 e. The van der Waals surface area contributed by atoms with Gasteiger partial charge in [0.05, 0.1) is 10.6 Å². The van der Waals surface area contributed by atoms with E-state index in [1.165, 1.54) is 25.1 Å². The van der Waals surface area contributed by atoms with Gasteiger partial charge in [-0.2, -0.15) is 0 Å². The number of piperidine rings is 1. The number of rotatable bonds is 3. The van der Waals surface area contributed by atoms with Gasteiger partial charge in [-0.15, -0.1) is 0 Å². The van der Waals surface area contributed by atoms with Crippen LogP contribution in [0, 0.1) is 5.92 Å². The number of hydrogen-bond donors (Lipinski definition) is 1. The summed E-state index contributed by atoms with van der Waals surface area (Å²) >= 11 is 11.8. The second-order valence-electron chi connectivity index (χ2n) is 6.08. The SMILES string of the molecule is CN1C2CCC1CC(CNC(=O)c1cc(Cl)ncc1Cl)C2. The van der Waals surface area contributed by atoms with Crippen molar-refractivity contribution in [1.29, 1.82) is 0 Å². The molecule has 0 spiro atoms. The summed E-state index contributed by atoms with van der Waals surface area (Å²) in [4.78, 5) is 18.6. The van der Waals surface area contributed by atoms with E-state index in [4.69, 9.17) is 23.2 Å². The Hall–Kier alpha value is -0.840. The molecule has 6 heteroatoms. The fourth-order valence-electron chi connectivity index (χ4n) is 3.61. The third-order valence-electron chi connectivity index (χ3n) is 4.81. The van der Waals surface area contributed by atoms with E-state index in [2.05, 4.69) is 22.2 Å². The Bertz CT molecular complexity index is 538. The predicted octanol–water partition coefficient (Wildman–Crippen LogP) is 2.99. The Balaban J connectivity index is 1.58. The van der Waals surface area contributed by atoms with Gasteiger partial charge in [-0.25, -0.2) is 4.98 Å². The van der Waals surface area contributed by atoms with Crippen molar-refractivity contribution in [2.24, 2.45) is 5.92 Å². The van der Waals surface area contributed by atoms with Crippen LogP contribution in [0.3, 0.4) is 0 Å². The van der Waals surface area contributed by atoms with Gasteiger partial charge >= 0.3 is 0 Å². The van der Waals surface area contributed by atoms with Crippen molar-refractivity contribution in [3.63, 3.8) is 0 Å². The van der Waals surface area contributed by atoms with Gasteiger partial charge in [-0.05, 0) is 44.7 Å². The number of nitrogens with one attached hydrogen (secondary N) is 1. The molecule has 1 amide bonds. The van der Waals surface area contributed by atoms with Gasteiger partial charge in [-0.3, -0.25) is 4.79 Å². The molecular formula is C15H19Cl2N3O. The van der Waals surface area contributed by atoms with Crippen LogP contribution in [-0.4, -0.2) is 41.5 Å². The Morgan fingerprint density at radius 2 is 2.05 bits per heavy atom. The number of halogens is 2. The number of aromatic nitrogens is 1. The smallest absolute Gasteiger partial charge is 0.252 e. The van der Waals surface area contributed by atoms with Gasteiger partial charge in [-0.1, -0.05) is 23.2 Å². The second kappa shape index (κ2) is 6.11. The van der Waals surface area contributed by atoms with E-state index in [-0.39, 0.29) is 11.1 Å². The molecule has 1 N–H and O–H groups in total. The highest BCUT2D eigenvalue weighted by molar-refractivity contribution is 6.35. The summed E-state index contributed by atoms with van der Waals surface area (Å²) in [5.74, 6) is 0.384. The zero-order valence-corrected chi connectivity index (χ0v) is 13.5. The third-order valence-corrected chi connectivity index (χ3v) is 5.32. The quantitative estimate of drug-likeness (QED) is 0.868. The molecule has 2 fully saturated rings. The van der Waals surface area contributed by atoms with Crippen molar-refractivity contribution in [1.82, 2.24) is 15.2 Å². The van der Waals surface area contributed by atoms with Crippen molar-refractivity contribution >= 4 is 29.1 Å². The van der Waals surface area contributed by atoms with E-state index in [0.29, 0.717) is 35.1 Å². The lowest BCUT2D eigenvalue weighted by molar-refractivity contribution is 0.0917. The maximum absolute atomic E-state index is 12.2. The fraction of sp³-hybridized carbons (Fsp3) is 0.600. The zero-order valence-electron chi connectivity index (χ0n) is 12.0. The Kier molecular flexibility index (Phi) is 4.38. The monoisotopic (exact) mass is 327 g/mol. The molecule has 21 heavy (non-hydrogen) atoms. The van der Waals surface area contributed by atoms with Crippen molar-refractivity contribution in [3.8, 4) is 0 Å². The topological polar surface area (TPSA) is 45.2 Å². The van der Waals surface area contributed by atoms with Crippen molar-refractivity contribution in [3.05, 3.63) is 28.0 Å². The second-order valence-corrected chi connectivity index (χ2v) is 6.88. The number of amides is 1. The van der Waals surface area contributed by atoms with Crippen LogP contribution in [0.4, 0.5) is 0 Å². The van der Waals surface area contributed by atoms with Gasteiger partial charge in [0.2, 0.25) is 0 Å². The first-order valence-corrected chi connectivity index (χ1v) is 8.11. The lowest BCUT2D eigenvalue weighted by Crippen LogP contribution is -2.43. The van der Waals surface area contributed by atoms with Crippen molar-refractivity contribution < 1.29 is 4.79 Å². The first kappa shape index (κ1) is 15.1. The Labute approximate surface area is 134 Å². The number of carbonyl (C=O) groups is 1. The highest BCUT2D eigenvalue weighted by Gasteiger charge is 2.38. The van der Waals surface area contributed by atoms with E-state index in [1.54, 1.807) is 0 Å². The lowest BCUT2D eigenvalue weighted by Gasteiger charge is -2.36. The standard InChI is InChI=1S/C15H19Cl2N3O/c1-20-10-2-3-11(20)5-9(4-10)7-19-15(21)12-6-14(17)18-8-13(12)16/h6,8-11H,2-5,7H2,1H3,(H,19,21). The molecule has 3 heterocycles. The molecule has 2 unspecified atom stereocenters. The first-order chi connectivity index (χ1) is 10.0. The van der Waals surface area contributed by atoms with E-state index < -0.39 is 0 Å². The van der Waals surface area contributed by atoms with E-state index in [0.717, 1.165) is 12.8 Å². The summed E-state index contributed by atoms with van der Waals surface area (Å²) in [7, 11) is 2.22. The number of pyridine rings is 1. The van der Waals surface area contributed by atoms with Crippen LogP contribution in [0.2, 0.25) is 10.2 Å². The summed E-state index contributed by atoms with van der Waals surface area (Å²) in [6.07, 6.45) is 6.32. The molecule has 114 valence electrons. The molecule has 2 aliphatic heterocycles. The summed E-state index contributed by atoms with van der Waals surface area (Å²) in [6, 6.07) is 2.88. The highest BCUT2D eigenvalue weighted by Crippen LogP contribution is 2.37. The molecule has 1 aromatic rings. The molecule has 0 aromatic carbocycles. The van der Waals surface area contributed by atoms with E-state index >= 15 is 0 Å². The average molecular weight is 328 g/mol. The molecule has 2 saturated heterocycles. The first-order valence-electron chi connectivity index (χ1n) is 7.35. The van der Waals surface area contributed by atoms with Crippen molar-refractivity contribution in [2.75, 3.05) is 13.6 Å². The van der Waals surface area contributed by atoms with E-state index in [9.17, 15) is 4.79 Å². The zero-order chi connectivity index (χ0) is 15.0. The minimum absolute atomic E-state index is 0.171. The summed E-state index contributed by atoms with van der Waals surface area (Å²) in [6.45, 7) is 0.704. The molecule has 1 aromatic heterocycles. The maximum atomic E-state index is 12.2. The molecule has 0 radical (unpaired) electrons. The van der Waals surface area contributed by atoms with Crippen LogP contribution in [0.5, 0.6) is 0 Å². The minimum atomic E-state index is -0.171. The van der Waals surface area contributed by atoms with Gasteiger partial charge in [0, 0.05) is 24.8 Å². The summed E-state index contributed by atoms with van der Waals surface area (Å²) in [5.41, 5.74) is 0.396. The Morgan fingerprint density at radius 3 is 2.71 bits per heavy atom. The third kappa shape index (κ3) is 3.17. The van der Waals surface area contributed by atoms with Crippen LogP contribution in [0.25, 0.3) is 0 Å². The molecule has 0 aliphatic carbocycles. The predicted molar refractivity (Wildman–Crippen MR) is 83.9 cm³/mol. The molecule has 2 atom stereocenters. The number of carbonyl (C=O) groups excluding carboxylic acids is 1. The molecule has 3 rings (SSSR count).